The molecule has 0 aliphatic carbocycles. The number of nitrogens with one attached hydrogen (secondary N) is 3. The molecule has 1 unspecified atom stereocenters. The Labute approximate surface area is 157 Å². The van der Waals surface area contributed by atoms with Gasteiger partial charge in [0.25, 0.3) is 11.8 Å². The minimum Gasteiger partial charge on any atom is -0.355 e. The molecule has 1 heterocycles. The van der Waals surface area contributed by atoms with Crippen LogP contribution in [0.3, 0.4) is 0 Å². The van der Waals surface area contributed by atoms with Gasteiger partial charge in [0, 0.05) is 19.2 Å². The van der Waals surface area contributed by atoms with Gasteiger partial charge in [-0.25, -0.2) is 0 Å². The lowest BCUT2D eigenvalue weighted by molar-refractivity contribution is -0.124. The van der Waals surface area contributed by atoms with Crippen LogP contribution in [-0.4, -0.2) is 30.8 Å². The molecule has 0 bridgehead atoms. The van der Waals surface area contributed by atoms with Crippen LogP contribution in [0.25, 0.3) is 0 Å². The molecule has 1 atom stereocenters. The Bertz CT molecular complexity index is 755. The maximum Gasteiger partial charge on any atom is 0.262 e. The standard InChI is InChI=1S/C19H23N3O3S/c1-12(2)16(22-18(24)15-5-4-10-26-15)19(25)21-11-13-6-8-14(9-7-13)17(23)20-3/h4-10,12,16H,11H2,1-3H3,(H,20,23)(H,21,25)(H,22,24). The largest absolute Gasteiger partial charge is 0.355 e. The lowest BCUT2D eigenvalue weighted by atomic mass is 10.0. The van der Waals surface area contributed by atoms with Crippen molar-refractivity contribution < 1.29 is 14.4 Å². The van der Waals surface area contributed by atoms with E-state index in [0.717, 1.165) is 5.56 Å². The number of thiophene rings is 1. The van der Waals surface area contributed by atoms with E-state index in [2.05, 4.69) is 16.0 Å². The van der Waals surface area contributed by atoms with E-state index < -0.39 is 6.04 Å². The van der Waals surface area contributed by atoms with Gasteiger partial charge in [0.1, 0.15) is 6.04 Å². The summed E-state index contributed by atoms with van der Waals surface area (Å²) in [6.45, 7) is 4.10. The van der Waals surface area contributed by atoms with Gasteiger partial charge in [-0.15, -0.1) is 11.3 Å². The molecule has 0 saturated carbocycles. The number of rotatable bonds is 7. The highest BCUT2D eigenvalue weighted by atomic mass is 32.1. The van der Waals surface area contributed by atoms with Crippen LogP contribution in [0.1, 0.15) is 39.4 Å². The van der Waals surface area contributed by atoms with Crippen molar-refractivity contribution >= 4 is 29.1 Å². The predicted octanol–water partition coefficient (Wildman–Crippen LogP) is 2.18. The first kappa shape index (κ1) is 19.7. The Morgan fingerprint density at radius 2 is 1.73 bits per heavy atom. The highest BCUT2D eigenvalue weighted by Gasteiger charge is 2.24. The number of carbonyl (C=O) groups is 3. The van der Waals surface area contributed by atoms with E-state index >= 15 is 0 Å². The predicted molar refractivity (Wildman–Crippen MR) is 102 cm³/mol. The van der Waals surface area contributed by atoms with Crippen molar-refractivity contribution in [3.63, 3.8) is 0 Å². The van der Waals surface area contributed by atoms with Gasteiger partial charge >= 0.3 is 0 Å². The zero-order valence-electron chi connectivity index (χ0n) is 15.0. The zero-order chi connectivity index (χ0) is 19.1. The van der Waals surface area contributed by atoms with Crippen LogP contribution in [0.5, 0.6) is 0 Å². The van der Waals surface area contributed by atoms with Gasteiger partial charge in [-0.1, -0.05) is 32.0 Å². The third-order valence-corrected chi connectivity index (χ3v) is 4.76. The molecule has 0 aliphatic heterocycles. The molecule has 0 saturated heterocycles. The molecule has 26 heavy (non-hydrogen) atoms. The van der Waals surface area contributed by atoms with Crippen molar-refractivity contribution in [3.8, 4) is 0 Å². The first-order valence-corrected chi connectivity index (χ1v) is 9.23. The molecule has 1 aromatic heterocycles. The number of hydrogen-bond donors (Lipinski definition) is 3. The lowest BCUT2D eigenvalue weighted by Crippen LogP contribution is -2.49. The fourth-order valence-electron chi connectivity index (χ4n) is 2.37. The van der Waals surface area contributed by atoms with Gasteiger partial charge < -0.3 is 16.0 Å². The molecule has 0 spiro atoms. The number of carbonyl (C=O) groups excluding carboxylic acids is 3. The number of hydrogen-bond acceptors (Lipinski definition) is 4. The summed E-state index contributed by atoms with van der Waals surface area (Å²) >= 11 is 1.34. The molecule has 2 rings (SSSR count). The summed E-state index contributed by atoms with van der Waals surface area (Å²) in [6.07, 6.45) is 0. The summed E-state index contributed by atoms with van der Waals surface area (Å²) < 4.78 is 0. The summed E-state index contributed by atoms with van der Waals surface area (Å²) in [7, 11) is 1.58. The Hall–Kier alpha value is -2.67. The van der Waals surface area contributed by atoms with Gasteiger partial charge in [0.2, 0.25) is 5.91 Å². The minimum atomic E-state index is -0.616. The lowest BCUT2D eigenvalue weighted by Gasteiger charge is -2.21. The monoisotopic (exact) mass is 373 g/mol. The Balaban J connectivity index is 1.95. The molecule has 7 heteroatoms. The summed E-state index contributed by atoms with van der Waals surface area (Å²) in [5, 5.41) is 10.0. The van der Waals surface area contributed by atoms with Crippen LogP contribution in [0.4, 0.5) is 0 Å². The quantitative estimate of drug-likeness (QED) is 0.695. The van der Waals surface area contributed by atoms with Gasteiger partial charge in [-0.05, 0) is 35.1 Å². The molecule has 0 radical (unpaired) electrons. The molecule has 0 aliphatic rings. The highest BCUT2D eigenvalue weighted by molar-refractivity contribution is 7.12. The maximum absolute atomic E-state index is 12.5. The average Bonchev–Trinajstić information content (AvgIpc) is 3.18. The van der Waals surface area contributed by atoms with Crippen molar-refractivity contribution in [1.29, 1.82) is 0 Å². The van der Waals surface area contributed by atoms with Gasteiger partial charge in [0.15, 0.2) is 0 Å². The van der Waals surface area contributed by atoms with E-state index in [4.69, 9.17) is 0 Å². The van der Waals surface area contributed by atoms with Crippen LogP contribution in [0, 0.1) is 5.92 Å². The molecule has 3 N–H and O–H groups in total. The highest BCUT2D eigenvalue weighted by Crippen LogP contribution is 2.11. The number of benzene rings is 1. The Morgan fingerprint density at radius 3 is 2.27 bits per heavy atom. The second-order valence-corrected chi connectivity index (χ2v) is 7.11. The topological polar surface area (TPSA) is 87.3 Å². The molecule has 0 fully saturated rings. The van der Waals surface area contributed by atoms with Crippen molar-refractivity contribution in [1.82, 2.24) is 16.0 Å². The number of amides is 3. The van der Waals surface area contributed by atoms with Crippen molar-refractivity contribution in [2.45, 2.75) is 26.4 Å². The van der Waals surface area contributed by atoms with Crippen LogP contribution in [0.2, 0.25) is 0 Å². The maximum atomic E-state index is 12.5. The molecule has 2 aromatic rings. The SMILES string of the molecule is CNC(=O)c1ccc(CNC(=O)C(NC(=O)c2cccs2)C(C)C)cc1. The van der Waals surface area contributed by atoms with Crippen molar-refractivity contribution in [3.05, 3.63) is 57.8 Å². The van der Waals surface area contributed by atoms with E-state index in [1.54, 1.807) is 43.4 Å². The van der Waals surface area contributed by atoms with Crippen LogP contribution in [0.15, 0.2) is 41.8 Å². The van der Waals surface area contributed by atoms with Crippen molar-refractivity contribution in [2.75, 3.05) is 7.05 Å². The van der Waals surface area contributed by atoms with E-state index in [9.17, 15) is 14.4 Å². The summed E-state index contributed by atoms with van der Waals surface area (Å²) in [4.78, 5) is 36.8. The second-order valence-electron chi connectivity index (χ2n) is 6.17. The first-order chi connectivity index (χ1) is 12.4. The Kier molecular flexibility index (Phi) is 6.91. The van der Waals surface area contributed by atoms with Crippen molar-refractivity contribution in [2.24, 2.45) is 5.92 Å². The molecule has 3 amide bonds. The average molecular weight is 373 g/mol. The summed E-state index contributed by atoms with van der Waals surface area (Å²) in [5.74, 6) is -0.685. The fraction of sp³-hybridized carbons (Fsp3) is 0.316. The fourth-order valence-corrected chi connectivity index (χ4v) is 3.00. The smallest absolute Gasteiger partial charge is 0.262 e. The van der Waals surface area contributed by atoms with Gasteiger partial charge in [-0.3, -0.25) is 14.4 Å². The minimum absolute atomic E-state index is 0.0467. The molecule has 138 valence electrons. The summed E-state index contributed by atoms with van der Waals surface area (Å²) in [5.41, 5.74) is 1.43. The van der Waals surface area contributed by atoms with E-state index in [1.807, 2.05) is 19.2 Å². The summed E-state index contributed by atoms with van der Waals surface area (Å²) in [6, 6.07) is 9.90. The first-order valence-electron chi connectivity index (χ1n) is 8.35. The van der Waals surface area contributed by atoms with Crippen LogP contribution < -0.4 is 16.0 Å². The molecular weight excluding hydrogens is 350 g/mol. The third-order valence-electron chi connectivity index (χ3n) is 3.89. The van der Waals surface area contributed by atoms with E-state index in [-0.39, 0.29) is 23.6 Å². The molecule has 6 nitrogen and oxygen atoms in total. The van der Waals surface area contributed by atoms with E-state index in [0.29, 0.717) is 17.0 Å². The van der Waals surface area contributed by atoms with Crippen LogP contribution in [-0.2, 0) is 11.3 Å². The second kappa shape index (κ2) is 9.15. The zero-order valence-corrected chi connectivity index (χ0v) is 15.9. The molecular formula is C19H23N3O3S. The third kappa shape index (κ3) is 5.16. The van der Waals surface area contributed by atoms with E-state index in [1.165, 1.54) is 11.3 Å². The van der Waals surface area contributed by atoms with Gasteiger partial charge in [0.05, 0.1) is 4.88 Å². The van der Waals surface area contributed by atoms with Gasteiger partial charge in [-0.2, -0.15) is 0 Å². The molecule has 1 aromatic carbocycles. The normalized spacial score (nSPS) is 11.7. The van der Waals surface area contributed by atoms with Crippen LogP contribution >= 0.6 is 11.3 Å². The Morgan fingerprint density at radius 1 is 1.04 bits per heavy atom.